The molecule has 4 rings (SSSR count). The lowest BCUT2D eigenvalue weighted by Gasteiger charge is -2.07. The maximum Gasteiger partial charge on any atom is 0.240 e. The zero-order valence-electron chi connectivity index (χ0n) is 19.1. The van der Waals surface area contributed by atoms with Crippen molar-refractivity contribution in [2.24, 2.45) is 5.10 Å². The van der Waals surface area contributed by atoms with Crippen LogP contribution < -0.4 is 10.2 Å². The fourth-order valence-corrected chi connectivity index (χ4v) is 4.03. The van der Waals surface area contributed by atoms with Crippen LogP contribution in [0.1, 0.15) is 35.1 Å². The summed E-state index contributed by atoms with van der Waals surface area (Å²) in [7, 11) is 1.67. The van der Waals surface area contributed by atoms with E-state index in [2.05, 4.69) is 70.7 Å². The van der Waals surface area contributed by atoms with E-state index in [-0.39, 0.29) is 5.91 Å². The molecule has 0 aliphatic heterocycles. The van der Waals surface area contributed by atoms with Crippen molar-refractivity contribution in [1.29, 1.82) is 0 Å². The molecule has 0 aliphatic carbocycles. The molecule has 0 bridgehead atoms. The molecule has 0 fully saturated rings. The van der Waals surface area contributed by atoms with E-state index in [9.17, 15) is 4.79 Å². The number of hydrogen-bond donors (Lipinski definition) is 1. The molecular weight excluding hydrogens is 410 g/mol. The zero-order valence-corrected chi connectivity index (χ0v) is 19.1. The number of benzene rings is 3. The summed E-state index contributed by atoms with van der Waals surface area (Å²) in [6.45, 7) is 2.85. The maximum atomic E-state index is 12.3. The molecule has 1 heterocycles. The molecule has 5 nitrogen and oxygen atoms in total. The van der Waals surface area contributed by atoms with Crippen LogP contribution in [0, 0.1) is 6.92 Å². The quantitative estimate of drug-likeness (QED) is 0.277. The van der Waals surface area contributed by atoms with Gasteiger partial charge in [-0.15, -0.1) is 0 Å². The Morgan fingerprint density at radius 2 is 1.85 bits per heavy atom. The molecule has 168 valence electrons. The van der Waals surface area contributed by atoms with Gasteiger partial charge >= 0.3 is 0 Å². The van der Waals surface area contributed by atoms with E-state index in [0.29, 0.717) is 6.42 Å². The van der Waals surface area contributed by atoms with E-state index in [0.717, 1.165) is 41.6 Å². The number of aryl methyl sites for hydroxylation is 2. The largest absolute Gasteiger partial charge is 0.497 e. The first-order chi connectivity index (χ1) is 16.1. The van der Waals surface area contributed by atoms with Crippen LogP contribution in [-0.2, 0) is 17.8 Å². The van der Waals surface area contributed by atoms with Gasteiger partial charge in [0.05, 0.1) is 13.3 Å². The molecule has 33 heavy (non-hydrogen) atoms. The molecule has 0 spiro atoms. The number of rotatable bonds is 9. The topological polar surface area (TPSA) is 55.6 Å². The van der Waals surface area contributed by atoms with Gasteiger partial charge in [-0.25, -0.2) is 5.43 Å². The van der Waals surface area contributed by atoms with Gasteiger partial charge in [-0.3, -0.25) is 4.79 Å². The highest BCUT2D eigenvalue weighted by Gasteiger charge is 2.08. The summed E-state index contributed by atoms with van der Waals surface area (Å²) in [5.41, 5.74) is 8.45. The monoisotopic (exact) mass is 439 g/mol. The number of nitrogens with one attached hydrogen (secondary N) is 1. The lowest BCUT2D eigenvalue weighted by Crippen LogP contribution is -2.17. The summed E-state index contributed by atoms with van der Waals surface area (Å²) >= 11 is 0. The molecule has 5 heteroatoms. The summed E-state index contributed by atoms with van der Waals surface area (Å²) in [6.07, 6.45) is 5.86. The van der Waals surface area contributed by atoms with Gasteiger partial charge in [0.25, 0.3) is 0 Å². The highest BCUT2D eigenvalue weighted by molar-refractivity contribution is 5.99. The third kappa shape index (κ3) is 5.69. The van der Waals surface area contributed by atoms with Crippen LogP contribution in [0.3, 0.4) is 0 Å². The number of nitrogens with zero attached hydrogens (tertiary/aromatic N) is 2. The molecule has 0 radical (unpaired) electrons. The fraction of sp³-hybridized carbons (Fsp3) is 0.214. The summed E-state index contributed by atoms with van der Waals surface area (Å²) < 4.78 is 7.46. The van der Waals surface area contributed by atoms with Crippen LogP contribution in [-0.4, -0.2) is 23.8 Å². The number of para-hydroxylation sites is 1. The third-order valence-electron chi connectivity index (χ3n) is 5.81. The lowest BCUT2D eigenvalue weighted by molar-refractivity contribution is -0.121. The van der Waals surface area contributed by atoms with E-state index in [1.807, 2.05) is 30.3 Å². The molecule has 0 atom stereocenters. The Balaban J connectivity index is 1.35. The van der Waals surface area contributed by atoms with Gasteiger partial charge in [-0.05, 0) is 54.7 Å². The molecule has 0 aliphatic rings. The number of hydrazone groups is 1. The average Bonchev–Trinajstić information content (AvgIpc) is 3.18. The third-order valence-corrected chi connectivity index (χ3v) is 5.81. The number of carbonyl (C=O) groups excluding carboxylic acids is 1. The van der Waals surface area contributed by atoms with Crippen molar-refractivity contribution in [3.63, 3.8) is 0 Å². The molecule has 1 aromatic heterocycles. The van der Waals surface area contributed by atoms with Crippen molar-refractivity contribution in [2.75, 3.05) is 7.11 Å². The van der Waals surface area contributed by atoms with Gasteiger partial charge < -0.3 is 9.30 Å². The minimum absolute atomic E-state index is 0.0783. The Bertz CT molecular complexity index is 1260. The maximum absolute atomic E-state index is 12.3. The summed E-state index contributed by atoms with van der Waals surface area (Å²) in [6, 6.07) is 24.7. The number of methoxy groups -OCH3 is 1. The van der Waals surface area contributed by atoms with E-state index in [1.165, 1.54) is 16.7 Å². The fourth-order valence-electron chi connectivity index (χ4n) is 4.03. The Hall–Kier alpha value is -3.86. The second-order valence-corrected chi connectivity index (χ2v) is 8.15. The normalized spacial score (nSPS) is 11.2. The van der Waals surface area contributed by atoms with Crippen molar-refractivity contribution in [1.82, 2.24) is 9.99 Å². The SMILES string of the molecule is COc1ccc(CCCC(=O)N/N=C\c2cn(Cc3ccccc3)c3ccccc23)c(C)c1. The average molecular weight is 440 g/mol. The first kappa shape index (κ1) is 22.3. The van der Waals surface area contributed by atoms with Crippen LogP contribution in [0.5, 0.6) is 5.75 Å². The van der Waals surface area contributed by atoms with Crippen LogP contribution >= 0.6 is 0 Å². The van der Waals surface area contributed by atoms with Crippen LogP contribution in [0.25, 0.3) is 10.9 Å². The predicted molar refractivity (Wildman–Crippen MR) is 134 cm³/mol. The Morgan fingerprint density at radius 1 is 1.06 bits per heavy atom. The number of amides is 1. The van der Waals surface area contributed by atoms with Gasteiger partial charge in [0.15, 0.2) is 0 Å². The standard InChI is InChI=1S/C28H29N3O2/c1-21-17-25(33-2)16-15-23(21)11-8-14-28(32)30-29-18-24-20-31(19-22-9-4-3-5-10-22)27-13-7-6-12-26(24)27/h3-7,9-10,12-13,15-18,20H,8,11,14,19H2,1-2H3,(H,30,32)/b29-18-. The highest BCUT2D eigenvalue weighted by atomic mass is 16.5. The molecule has 0 saturated carbocycles. The van der Waals surface area contributed by atoms with Crippen molar-refractivity contribution in [3.8, 4) is 5.75 Å². The molecule has 1 N–H and O–H groups in total. The van der Waals surface area contributed by atoms with Gasteiger partial charge in [0, 0.05) is 35.6 Å². The van der Waals surface area contributed by atoms with Gasteiger partial charge in [-0.2, -0.15) is 5.10 Å². The molecule has 0 unspecified atom stereocenters. The van der Waals surface area contributed by atoms with Crippen molar-refractivity contribution >= 4 is 23.0 Å². The number of fused-ring (bicyclic) bond motifs is 1. The van der Waals surface area contributed by atoms with Gasteiger partial charge in [-0.1, -0.05) is 54.6 Å². The van der Waals surface area contributed by atoms with Crippen LogP contribution in [0.4, 0.5) is 0 Å². The molecule has 0 saturated heterocycles. The minimum atomic E-state index is -0.0783. The highest BCUT2D eigenvalue weighted by Crippen LogP contribution is 2.21. The second kappa shape index (κ2) is 10.6. The second-order valence-electron chi connectivity index (χ2n) is 8.15. The summed E-state index contributed by atoms with van der Waals surface area (Å²) in [4.78, 5) is 12.3. The molecule has 4 aromatic rings. The summed E-state index contributed by atoms with van der Waals surface area (Å²) in [5.74, 6) is 0.777. The number of aromatic nitrogens is 1. The Labute approximate surface area is 194 Å². The summed E-state index contributed by atoms with van der Waals surface area (Å²) in [5, 5.41) is 5.34. The number of carbonyl (C=O) groups is 1. The van der Waals surface area contributed by atoms with Gasteiger partial charge in [0.2, 0.25) is 5.91 Å². The van der Waals surface area contributed by atoms with Crippen LogP contribution in [0.15, 0.2) is 84.1 Å². The molecular formula is C28H29N3O2. The zero-order chi connectivity index (χ0) is 23.0. The Kier molecular flexibility index (Phi) is 7.20. The Morgan fingerprint density at radius 3 is 2.64 bits per heavy atom. The van der Waals surface area contributed by atoms with Crippen molar-refractivity contribution in [3.05, 3.63) is 101 Å². The number of ether oxygens (including phenoxy) is 1. The van der Waals surface area contributed by atoms with E-state index in [4.69, 9.17) is 4.74 Å². The van der Waals surface area contributed by atoms with Gasteiger partial charge in [0.1, 0.15) is 5.75 Å². The van der Waals surface area contributed by atoms with Crippen molar-refractivity contribution < 1.29 is 9.53 Å². The minimum Gasteiger partial charge on any atom is -0.497 e. The lowest BCUT2D eigenvalue weighted by atomic mass is 10.0. The molecule has 3 aromatic carbocycles. The predicted octanol–water partition coefficient (Wildman–Crippen LogP) is 5.48. The van der Waals surface area contributed by atoms with Crippen molar-refractivity contribution in [2.45, 2.75) is 32.7 Å². The smallest absolute Gasteiger partial charge is 0.240 e. The van der Waals surface area contributed by atoms with E-state index < -0.39 is 0 Å². The molecule has 1 amide bonds. The first-order valence-corrected chi connectivity index (χ1v) is 11.2. The van der Waals surface area contributed by atoms with E-state index in [1.54, 1.807) is 13.3 Å². The van der Waals surface area contributed by atoms with E-state index >= 15 is 0 Å². The number of hydrogen-bond acceptors (Lipinski definition) is 3. The first-order valence-electron chi connectivity index (χ1n) is 11.2. The van der Waals surface area contributed by atoms with Crippen LogP contribution in [0.2, 0.25) is 0 Å².